The number of thioether (sulfide) groups is 1. The molecule has 1 aliphatic rings. The molecular weight excluding hydrogens is 504 g/mol. The molecule has 0 spiro atoms. The Morgan fingerprint density at radius 1 is 1.19 bits per heavy atom. The molecule has 0 radical (unpaired) electrons. The van der Waals surface area contributed by atoms with Crippen LogP contribution in [-0.4, -0.2) is 34.0 Å². The number of nitrogens with zero attached hydrogens (tertiary/aromatic N) is 3. The van der Waals surface area contributed by atoms with Gasteiger partial charge in [-0.05, 0) is 69.4 Å². The van der Waals surface area contributed by atoms with Gasteiger partial charge in [0.1, 0.15) is 10.6 Å². The van der Waals surface area contributed by atoms with E-state index in [9.17, 15) is 9.59 Å². The van der Waals surface area contributed by atoms with E-state index in [4.69, 9.17) is 9.72 Å². The van der Waals surface area contributed by atoms with Crippen molar-refractivity contribution in [1.82, 2.24) is 15.0 Å². The SMILES string of the molecule is COc1cccc(C(C)=NNC(=O)CSc2nc3sc4c(c3c(=O)n2-c2ccc(C)cc2)CCCC4)c1. The van der Waals surface area contributed by atoms with Crippen molar-refractivity contribution in [1.29, 1.82) is 0 Å². The molecule has 0 bridgehead atoms. The first-order valence-electron chi connectivity index (χ1n) is 12.2. The van der Waals surface area contributed by atoms with Crippen LogP contribution in [0.15, 0.2) is 63.6 Å². The molecule has 5 rings (SSSR count). The quantitative estimate of drug-likeness (QED) is 0.152. The summed E-state index contributed by atoms with van der Waals surface area (Å²) in [6.07, 6.45) is 4.15. The number of carbonyl (C=O) groups excluding carboxylic acids is 1. The predicted octanol–water partition coefficient (Wildman–Crippen LogP) is 5.28. The first kappa shape index (κ1) is 25.2. The van der Waals surface area contributed by atoms with Crippen LogP contribution in [0.1, 0.15) is 41.3 Å². The third kappa shape index (κ3) is 5.33. The van der Waals surface area contributed by atoms with E-state index in [1.807, 2.05) is 62.4 Å². The number of rotatable bonds is 7. The maximum absolute atomic E-state index is 13.8. The predicted molar refractivity (Wildman–Crippen MR) is 151 cm³/mol. The standard InChI is InChI=1S/C28H28N4O3S2/c1-17-11-13-20(14-12-17)32-27(34)25-22-9-4-5-10-23(22)37-26(25)29-28(32)36-16-24(33)31-30-18(2)19-7-6-8-21(15-19)35-3/h6-8,11-15H,4-5,9-10,16H2,1-3H3,(H,31,33). The number of nitrogens with one attached hydrogen (secondary N) is 1. The number of methoxy groups -OCH3 is 1. The van der Waals surface area contributed by atoms with E-state index in [0.717, 1.165) is 64.0 Å². The molecule has 0 saturated carbocycles. The summed E-state index contributed by atoms with van der Waals surface area (Å²) in [4.78, 5) is 33.4. The Kier molecular flexibility index (Phi) is 7.43. The molecule has 190 valence electrons. The highest BCUT2D eigenvalue weighted by Crippen LogP contribution is 2.35. The van der Waals surface area contributed by atoms with E-state index in [1.165, 1.54) is 16.6 Å². The van der Waals surface area contributed by atoms with Crippen molar-refractivity contribution in [2.24, 2.45) is 5.10 Å². The van der Waals surface area contributed by atoms with E-state index in [1.54, 1.807) is 23.0 Å². The summed E-state index contributed by atoms with van der Waals surface area (Å²) in [7, 11) is 1.61. The molecule has 2 aromatic carbocycles. The first-order valence-corrected chi connectivity index (χ1v) is 14.0. The molecular formula is C28H28N4O3S2. The number of ether oxygens (including phenoxy) is 1. The number of benzene rings is 2. The lowest BCUT2D eigenvalue weighted by Gasteiger charge is -2.13. The number of thiophene rings is 1. The van der Waals surface area contributed by atoms with Gasteiger partial charge in [0.05, 0.1) is 29.6 Å². The lowest BCUT2D eigenvalue weighted by Crippen LogP contribution is -2.24. The number of fused-ring (bicyclic) bond motifs is 3. The summed E-state index contributed by atoms with van der Waals surface area (Å²) >= 11 is 2.85. The Morgan fingerprint density at radius 3 is 2.76 bits per heavy atom. The molecule has 1 amide bonds. The molecule has 1 N–H and O–H groups in total. The summed E-state index contributed by atoms with van der Waals surface area (Å²) in [6, 6.07) is 15.3. The van der Waals surface area contributed by atoms with Crippen molar-refractivity contribution in [3.63, 3.8) is 0 Å². The van der Waals surface area contributed by atoms with E-state index < -0.39 is 0 Å². The van der Waals surface area contributed by atoms with Crippen LogP contribution < -0.4 is 15.7 Å². The zero-order chi connectivity index (χ0) is 25.9. The van der Waals surface area contributed by atoms with E-state index >= 15 is 0 Å². The molecule has 7 nitrogen and oxygen atoms in total. The fraction of sp³-hybridized carbons (Fsp3) is 0.286. The average molecular weight is 533 g/mol. The second-order valence-electron chi connectivity index (χ2n) is 9.01. The Hall–Kier alpha value is -3.43. The molecule has 4 aromatic rings. The maximum Gasteiger partial charge on any atom is 0.267 e. The Morgan fingerprint density at radius 2 is 1.97 bits per heavy atom. The minimum Gasteiger partial charge on any atom is -0.497 e. The van der Waals surface area contributed by atoms with Crippen LogP contribution in [0.25, 0.3) is 15.9 Å². The number of amides is 1. The Bertz CT molecular complexity index is 1550. The molecule has 0 unspecified atom stereocenters. The molecule has 0 atom stereocenters. The summed E-state index contributed by atoms with van der Waals surface area (Å²) in [5.41, 5.74) is 7.08. The van der Waals surface area contributed by atoms with Crippen LogP contribution in [0.3, 0.4) is 0 Å². The molecule has 0 aliphatic heterocycles. The molecule has 0 saturated heterocycles. The Labute approximate surface area is 223 Å². The second kappa shape index (κ2) is 10.9. The monoisotopic (exact) mass is 532 g/mol. The minimum atomic E-state index is -0.275. The van der Waals surface area contributed by atoms with Crippen LogP contribution in [0.5, 0.6) is 5.75 Å². The van der Waals surface area contributed by atoms with Crippen LogP contribution in [0, 0.1) is 6.92 Å². The Balaban J connectivity index is 1.42. The molecule has 2 heterocycles. The number of carbonyl (C=O) groups is 1. The van der Waals surface area contributed by atoms with Gasteiger partial charge in [-0.1, -0.05) is 41.6 Å². The fourth-order valence-electron chi connectivity index (χ4n) is 4.43. The fourth-order valence-corrected chi connectivity index (χ4v) is 6.53. The number of aryl methyl sites for hydroxylation is 3. The number of hydrogen-bond donors (Lipinski definition) is 1. The van der Waals surface area contributed by atoms with E-state index in [0.29, 0.717) is 10.9 Å². The van der Waals surface area contributed by atoms with Crippen molar-refractivity contribution >= 4 is 44.9 Å². The van der Waals surface area contributed by atoms with Gasteiger partial charge in [-0.25, -0.2) is 10.4 Å². The van der Waals surface area contributed by atoms with Crippen LogP contribution in [0.4, 0.5) is 0 Å². The molecule has 2 aromatic heterocycles. The number of aromatic nitrogens is 2. The third-order valence-electron chi connectivity index (χ3n) is 6.42. The number of hydrogen-bond acceptors (Lipinski definition) is 7. The second-order valence-corrected chi connectivity index (χ2v) is 11.0. The van der Waals surface area contributed by atoms with Crippen molar-refractivity contribution in [2.45, 2.75) is 44.7 Å². The van der Waals surface area contributed by atoms with Gasteiger partial charge in [-0.3, -0.25) is 14.2 Å². The zero-order valence-corrected chi connectivity index (χ0v) is 22.7. The molecule has 37 heavy (non-hydrogen) atoms. The van der Waals surface area contributed by atoms with Gasteiger partial charge < -0.3 is 4.74 Å². The highest BCUT2D eigenvalue weighted by atomic mass is 32.2. The molecule has 0 fully saturated rings. The van der Waals surface area contributed by atoms with Gasteiger partial charge in [-0.15, -0.1) is 11.3 Å². The molecule has 1 aliphatic carbocycles. The van der Waals surface area contributed by atoms with Gasteiger partial charge in [0.2, 0.25) is 0 Å². The van der Waals surface area contributed by atoms with Gasteiger partial charge >= 0.3 is 0 Å². The van der Waals surface area contributed by atoms with Gasteiger partial charge in [-0.2, -0.15) is 5.10 Å². The minimum absolute atomic E-state index is 0.0666. The summed E-state index contributed by atoms with van der Waals surface area (Å²) in [5.74, 6) is 0.520. The zero-order valence-electron chi connectivity index (χ0n) is 21.0. The van der Waals surface area contributed by atoms with Crippen LogP contribution in [-0.2, 0) is 17.6 Å². The van der Waals surface area contributed by atoms with Gasteiger partial charge in [0.15, 0.2) is 5.16 Å². The lowest BCUT2D eigenvalue weighted by molar-refractivity contribution is -0.118. The van der Waals surface area contributed by atoms with Crippen molar-refractivity contribution < 1.29 is 9.53 Å². The van der Waals surface area contributed by atoms with E-state index in [-0.39, 0.29) is 17.2 Å². The summed E-state index contributed by atoms with van der Waals surface area (Å²) in [6.45, 7) is 3.84. The van der Waals surface area contributed by atoms with Crippen LogP contribution >= 0.6 is 23.1 Å². The normalized spacial score (nSPS) is 13.4. The molecule has 9 heteroatoms. The highest BCUT2D eigenvalue weighted by Gasteiger charge is 2.23. The van der Waals surface area contributed by atoms with E-state index in [2.05, 4.69) is 10.5 Å². The lowest BCUT2D eigenvalue weighted by atomic mass is 9.97. The van der Waals surface area contributed by atoms with Crippen LogP contribution in [0.2, 0.25) is 0 Å². The topological polar surface area (TPSA) is 85.6 Å². The maximum atomic E-state index is 13.8. The largest absolute Gasteiger partial charge is 0.497 e. The first-order chi connectivity index (χ1) is 17.9. The average Bonchev–Trinajstić information content (AvgIpc) is 3.30. The van der Waals surface area contributed by atoms with Gasteiger partial charge in [0, 0.05) is 10.4 Å². The third-order valence-corrected chi connectivity index (χ3v) is 8.54. The van der Waals surface area contributed by atoms with Crippen molar-refractivity contribution in [3.8, 4) is 11.4 Å². The number of hydrazone groups is 1. The summed E-state index contributed by atoms with van der Waals surface area (Å²) in [5, 5.41) is 5.48. The summed E-state index contributed by atoms with van der Waals surface area (Å²) < 4.78 is 6.90. The van der Waals surface area contributed by atoms with Crippen molar-refractivity contribution in [2.75, 3.05) is 12.9 Å². The van der Waals surface area contributed by atoms with Gasteiger partial charge in [0.25, 0.3) is 11.5 Å². The highest BCUT2D eigenvalue weighted by molar-refractivity contribution is 7.99. The van der Waals surface area contributed by atoms with Crippen molar-refractivity contribution in [3.05, 3.63) is 80.5 Å². The smallest absolute Gasteiger partial charge is 0.267 e.